The maximum Gasteiger partial charge on any atom is 0.331 e. The van der Waals surface area contributed by atoms with Crippen LogP contribution in [-0.2, 0) is 23.9 Å². The molecule has 3 fully saturated rings. The number of carboxylic acid groups (broad SMARTS) is 1. The predicted molar refractivity (Wildman–Crippen MR) is 219 cm³/mol. The SMILES string of the molecule is CC[C@@H]1C(C(=O)O)=C[C@]2(C)/C=C(\C)C/C=C/C[C@@H]3C=C[C@@H]4[C@@H](OC5CC(O)C(NC(=O)c6[nH]c(Cl)cc6Cl)C(C)O5)[C@@H](C)CC[C@H]4[C@]3(CC)C(O)=C3C(=O)C1C2C3=O. The molecule has 1 aromatic heterocycles. The van der Waals surface area contributed by atoms with E-state index in [4.69, 9.17) is 32.7 Å². The number of carbonyl (C=O) groups is 4. The molecule has 13 heteroatoms. The van der Waals surface area contributed by atoms with E-state index in [9.17, 15) is 34.5 Å². The van der Waals surface area contributed by atoms with Crippen LogP contribution < -0.4 is 5.32 Å². The van der Waals surface area contributed by atoms with Gasteiger partial charge >= 0.3 is 5.97 Å². The first-order valence-electron chi connectivity index (χ1n) is 20.8. The first-order chi connectivity index (χ1) is 27.5. The minimum absolute atomic E-state index is 0.0623. The van der Waals surface area contributed by atoms with E-state index in [0.717, 1.165) is 12.0 Å². The highest BCUT2D eigenvalue weighted by Gasteiger charge is 2.63. The number of halogens is 2. The van der Waals surface area contributed by atoms with Crippen LogP contribution in [0.5, 0.6) is 0 Å². The molecule has 0 spiro atoms. The summed E-state index contributed by atoms with van der Waals surface area (Å²) < 4.78 is 13.1. The zero-order valence-corrected chi connectivity index (χ0v) is 35.5. The van der Waals surface area contributed by atoms with Gasteiger partial charge in [0.2, 0.25) is 0 Å². The Morgan fingerprint density at radius 3 is 2.47 bits per heavy atom. The average Bonchev–Trinajstić information content (AvgIpc) is 3.65. The molecule has 1 saturated heterocycles. The summed E-state index contributed by atoms with van der Waals surface area (Å²) in [6.07, 6.45) is 12.8. The topological polar surface area (TPSA) is 175 Å². The third-order valence-corrected chi connectivity index (χ3v) is 14.9. The molecule has 14 atom stereocenters. The fourth-order valence-electron chi connectivity index (χ4n) is 11.8. The summed E-state index contributed by atoms with van der Waals surface area (Å²) in [6, 6.07) is 0.677. The molecule has 2 heterocycles. The number of carbonyl (C=O) groups excluding carboxylic acids is 3. The van der Waals surface area contributed by atoms with E-state index in [2.05, 4.69) is 41.5 Å². The molecule has 1 aromatic rings. The van der Waals surface area contributed by atoms with Crippen LogP contribution in [0.15, 0.2) is 65.0 Å². The maximum absolute atomic E-state index is 14.9. The van der Waals surface area contributed by atoms with Gasteiger partial charge in [-0.15, -0.1) is 0 Å². The van der Waals surface area contributed by atoms with Crippen LogP contribution in [0.25, 0.3) is 0 Å². The van der Waals surface area contributed by atoms with E-state index in [1.54, 1.807) is 13.0 Å². The average molecular weight is 840 g/mol. The van der Waals surface area contributed by atoms with Crippen molar-refractivity contribution in [2.24, 2.45) is 52.3 Å². The third kappa shape index (κ3) is 7.06. The number of aromatic nitrogens is 1. The summed E-state index contributed by atoms with van der Waals surface area (Å²) in [7, 11) is 0. The molecule has 2 saturated carbocycles. The molecule has 1 amide bonds. The maximum atomic E-state index is 14.9. The fourth-order valence-corrected chi connectivity index (χ4v) is 12.3. The number of aliphatic carboxylic acids is 1. The molecular weight excluding hydrogens is 783 g/mol. The molecule has 5 aliphatic carbocycles. The van der Waals surface area contributed by atoms with Gasteiger partial charge in [0, 0.05) is 46.5 Å². The number of fused-ring (bicyclic) bond motifs is 4. The number of carboxylic acids is 1. The highest BCUT2D eigenvalue weighted by molar-refractivity contribution is 6.36. The van der Waals surface area contributed by atoms with Gasteiger partial charge in [-0.3, -0.25) is 14.4 Å². The lowest BCUT2D eigenvalue weighted by atomic mass is 9.51. The van der Waals surface area contributed by atoms with Crippen molar-refractivity contribution in [1.82, 2.24) is 10.3 Å². The molecule has 11 nitrogen and oxygen atoms in total. The number of ether oxygens (including phenoxy) is 2. The number of rotatable bonds is 7. The van der Waals surface area contributed by atoms with Gasteiger partial charge in [-0.2, -0.15) is 0 Å². The van der Waals surface area contributed by atoms with Crippen molar-refractivity contribution in [1.29, 1.82) is 0 Å². The number of amides is 1. The second kappa shape index (κ2) is 16.2. The van der Waals surface area contributed by atoms with E-state index in [0.29, 0.717) is 32.1 Å². The van der Waals surface area contributed by atoms with Crippen LogP contribution in [-0.4, -0.2) is 74.4 Å². The van der Waals surface area contributed by atoms with E-state index < -0.39 is 82.7 Å². The summed E-state index contributed by atoms with van der Waals surface area (Å²) in [5.41, 5.74) is -1.04. The second-order valence-corrected chi connectivity index (χ2v) is 18.6. The molecule has 0 radical (unpaired) electrons. The molecule has 1 aliphatic heterocycles. The molecular formula is C45H56Cl2N2O9. The molecule has 6 aliphatic rings. The molecule has 58 heavy (non-hydrogen) atoms. The van der Waals surface area contributed by atoms with Gasteiger partial charge < -0.3 is 35.1 Å². The summed E-state index contributed by atoms with van der Waals surface area (Å²) in [6.45, 7) is 11.5. The zero-order chi connectivity index (χ0) is 42.0. The number of aliphatic hydroxyl groups excluding tert-OH is 2. The van der Waals surface area contributed by atoms with E-state index in [1.165, 1.54) is 6.07 Å². The number of Topliss-reactive ketones (excluding diaryl/α,β-unsaturated/α-hetero) is 2. The zero-order valence-electron chi connectivity index (χ0n) is 34.0. The lowest BCUT2D eigenvalue weighted by molar-refractivity contribution is -0.258. The number of aromatic amines is 1. The Bertz CT molecular complexity index is 2000. The quantitative estimate of drug-likeness (QED) is 0.134. The van der Waals surface area contributed by atoms with Crippen molar-refractivity contribution < 1.29 is 44.0 Å². The van der Waals surface area contributed by atoms with Crippen LogP contribution in [0.1, 0.15) is 97.0 Å². The van der Waals surface area contributed by atoms with Gasteiger partial charge in [0.05, 0.1) is 34.9 Å². The lowest BCUT2D eigenvalue weighted by Crippen LogP contribution is -2.58. The number of allylic oxidation sites excluding steroid dienone is 8. The van der Waals surface area contributed by atoms with Crippen molar-refractivity contribution >= 4 is 46.6 Å². The fraction of sp³-hybridized carbons (Fsp3) is 0.600. The Balaban J connectivity index is 1.23. The first kappa shape index (κ1) is 42.6. The van der Waals surface area contributed by atoms with E-state index in [1.807, 2.05) is 33.8 Å². The minimum Gasteiger partial charge on any atom is -0.511 e. The molecule has 314 valence electrons. The predicted octanol–water partition coefficient (Wildman–Crippen LogP) is 8.10. The molecule has 5 N–H and O–H groups in total. The smallest absolute Gasteiger partial charge is 0.331 e. The number of hydrogen-bond donors (Lipinski definition) is 5. The Morgan fingerprint density at radius 1 is 1.09 bits per heavy atom. The normalized spacial score (nSPS) is 41.5. The lowest BCUT2D eigenvalue weighted by Gasteiger charge is -2.55. The molecule has 0 aromatic carbocycles. The standard InChI is InChI=1S/C45H56Cl2N2O9/c1-7-25-27(43(55)56)20-44(6)19-21(3)11-9-10-12-24-14-15-26-28(45(24,8-2)41(53)34-38(51)33(25)35(44)39(34)52)16-13-22(4)40(26)58-32-18-30(50)36(23(5)57-32)49-42(54)37-29(46)17-31(47)48-37/h9-10,14-15,17,19-20,22-26,28,30,32-33,35-36,40,48,50,53H,7-8,11-13,16,18H2,1-6H3,(H,49,54)(H,55,56)/b10-9+,21-19+,41-34?/t22-,23?,24+,25+,26-,28+,30?,32?,33?,35?,36?,40-,44-,45+/m0/s1. The minimum atomic E-state index is -1.10. The van der Waals surface area contributed by atoms with Crippen molar-refractivity contribution in [3.05, 3.63) is 80.9 Å². The number of hydrogen-bond acceptors (Lipinski definition) is 8. The Morgan fingerprint density at radius 2 is 1.83 bits per heavy atom. The van der Waals surface area contributed by atoms with E-state index in [-0.39, 0.29) is 62.9 Å². The van der Waals surface area contributed by atoms with Crippen LogP contribution in [0.4, 0.5) is 0 Å². The third-order valence-electron chi connectivity index (χ3n) is 14.4. The van der Waals surface area contributed by atoms with Gasteiger partial charge in [-0.1, -0.05) is 92.9 Å². The van der Waals surface area contributed by atoms with Gasteiger partial charge in [0.1, 0.15) is 16.6 Å². The molecule has 7 rings (SSSR count). The largest absolute Gasteiger partial charge is 0.511 e. The van der Waals surface area contributed by atoms with Crippen molar-refractivity contribution in [3.8, 4) is 0 Å². The Hall–Kier alpha value is -3.48. The summed E-state index contributed by atoms with van der Waals surface area (Å²) >= 11 is 12.2. The summed E-state index contributed by atoms with van der Waals surface area (Å²) in [5.74, 6) is -5.77. The Kier molecular flexibility index (Phi) is 11.9. The first-order valence-corrected chi connectivity index (χ1v) is 21.6. The van der Waals surface area contributed by atoms with Crippen LogP contribution in [0, 0.1) is 52.3 Å². The van der Waals surface area contributed by atoms with Crippen LogP contribution in [0.3, 0.4) is 0 Å². The van der Waals surface area contributed by atoms with Crippen LogP contribution in [0.2, 0.25) is 10.2 Å². The van der Waals surface area contributed by atoms with Gasteiger partial charge in [-0.25, -0.2) is 4.79 Å². The van der Waals surface area contributed by atoms with E-state index >= 15 is 0 Å². The highest BCUT2D eigenvalue weighted by atomic mass is 35.5. The van der Waals surface area contributed by atoms with Crippen molar-refractivity contribution in [2.75, 3.05) is 0 Å². The van der Waals surface area contributed by atoms with Crippen LogP contribution >= 0.6 is 23.2 Å². The van der Waals surface area contributed by atoms with Crippen molar-refractivity contribution in [3.63, 3.8) is 0 Å². The summed E-state index contributed by atoms with van der Waals surface area (Å²) in [4.78, 5) is 58.3. The second-order valence-electron chi connectivity index (χ2n) is 17.8. The molecule has 2 bridgehead atoms. The van der Waals surface area contributed by atoms with Crippen molar-refractivity contribution in [2.45, 2.75) is 117 Å². The number of aliphatic hydroxyl groups is 2. The summed E-state index contributed by atoms with van der Waals surface area (Å²) in [5, 5.41) is 37.8. The Labute approximate surface area is 350 Å². The van der Waals surface area contributed by atoms with Gasteiger partial charge in [-0.05, 0) is 76.2 Å². The monoisotopic (exact) mass is 838 g/mol. The number of H-pyrrole nitrogens is 1. The highest BCUT2D eigenvalue weighted by Crippen LogP contribution is 2.61. The van der Waals surface area contributed by atoms with Gasteiger partial charge in [0.15, 0.2) is 17.9 Å². The number of nitrogens with one attached hydrogen (secondary N) is 2. The number of ketones is 2. The van der Waals surface area contributed by atoms with Gasteiger partial charge in [0.25, 0.3) is 5.91 Å². The molecule has 6 unspecified atom stereocenters.